The number of nitrogens with two attached hydrogens (primary N) is 1. The predicted octanol–water partition coefficient (Wildman–Crippen LogP) is 3.57. The number of halogens is 3. The molecule has 2 N–H and O–H groups in total. The second-order valence-electron chi connectivity index (χ2n) is 7.71. The van der Waals surface area contributed by atoms with E-state index in [1.54, 1.807) is 11.9 Å². The molecule has 2 aliphatic rings. The van der Waals surface area contributed by atoms with Crippen molar-refractivity contribution in [2.75, 3.05) is 20.1 Å². The molecule has 1 aliphatic carbocycles. The lowest BCUT2D eigenvalue weighted by atomic mass is 9.87. The smallest absolute Gasteiger partial charge is 0.340 e. The summed E-state index contributed by atoms with van der Waals surface area (Å²) in [6.45, 7) is 2.16. The maximum Gasteiger partial charge on any atom is 0.416 e. The van der Waals surface area contributed by atoms with Crippen molar-refractivity contribution in [2.45, 2.75) is 62.8 Å². The molecule has 1 heterocycles. The van der Waals surface area contributed by atoms with Gasteiger partial charge in [-0.15, -0.1) is 0 Å². The van der Waals surface area contributed by atoms with E-state index in [0.717, 1.165) is 44.5 Å². The highest BCUT2D eigenvalue weighted by atomic mass is 19.4. The molecule has 3 rings (SSSR count). The molecule has 7 heteroatoms. The van der Waals surface area contributed by atoms with Crippen molar-refractivity contribution in [3.63, 3.8) is 0 Å². The number of alkyl halides is 3. The predicted molar refractivity (Wildman–Crippen MR) is 98.0 cm³/mol. The third-order valence-electron chi connectivity index (χ3n) is 6.01. The van der Waals surface area contributed by atoms with Gasteiger partial charge in [0, 0.05) is 19.1 Å². The monoisotopic (exact) mass is 383 g/mol. The lowest BCUT2D eigenvalue weighted by molar-refractivity contribution is -0.137. The Labute approximate surface area is 158 Å². The second-order valence-corrected chi connectivity index (χ2v) is 7.71. The minimum Gasteiger partial charge on any atom is -0.340 e. The molecule has 1 aliphatic heterocycles. The van der Waals surface area contributed by atoms with Gasteiger partial charge in [0.2, 0.25) is 5.91 Å². The van der Waals surface area contributed by atoms with E-state index in [2.05, 4.69) is 4.90 Å². The molecule has 150 valence electrons. The average molecular weight is 383 g/mol. The molecule has 0 spiro atoms. The fraction of sp³-hybridized carbons (Fsp3) is 0.650. The summed E-state index contributed by atoms with van der Waals surface area (Å²) in [5, 5.41) is 0. The zero-order chi connectivity index (χ0) is 19.6. The molecular weight excluding hydrogens is 355 g/mol. The normalized spacial score (nSPS) is 25.4. The maximum absolute atomic E-state index is 12.9. The minimum atomic E-state index is -4.39. The highest BCUT2D eigenvalue weighted by molar-refractivity contribution is 5.83. The van der Waals surface area contributed by atoms with Gasteiger partial charge >= 0.3 is 6.18 Å². The van der Waals surface area contributed by atoms with Crippen LogP contribution in [0.25, 0.3) is 0 Å². The fourth-order valence-corrected chi connectivity index (χ4v) is 4.45. The van der Waals surface area contributed by atoms with Crippen LogP contribution in [-0.2, 0) is 11.0 Å². The Hall–Kier alpha value is -1.60. The molecule has 1 amide bonds. The molecule has 2 fully saturated rings. The molecule has 1 aromatic carbocycles. The summed E-state index contributed by atoms with van der Waals surface area (Å²) in [6, 6.07) is 4.10. The lowest BCUT2D eigenvalue weighted by Gasteiger charge is -2.43. The van der Waals surface area contributed by atoms with Crippen LogP contribution < -0.4 is 5.73 Å². The standard InChI is InChI=1S/C20H28F3N3O/c1-25(16-6-2-3-7-17(16)26-12-4-5-13-26)19(27)18(24)14-8-10-15(11-9-14)20(21,22)23/h8-11,16-18H,2-7,12-13,24H2,1H3/t16-,17-,18+/m1/s1. The topological polar surface area (TPSA) is 49.6 Å². The molecule has 1 saturated carbocycles. The van der Waals surface area contributed by atoms with Gasteiger partial charge in [-0.05, 0) is 56.5 Å². The third-order valence-corrected chi connectivity index (χ3v) is 6.01. The molecule has 0 bridgehead atoms. The highest BCUT2D eigenvalue weighted by Gasteiger charge is 2.37. The summed E-state index contributed by atoms with van der Waals surface area (Å²) in [7, 11) is 1.78. The van der Waals surface area contributed by atoms with Crippen LogP contribution in [-0.4, -0.2) is 47.9 Å². The SMILES string of the molecule is CN(C(=O)[C@@H](N)c1ccc(C(F)(F)F)cc1)[C@@H]1CCCC[C@H]1N1CCCC1. The molecule has 0 radical (unpaired) electrons. The molecule has 27 heavy (non-hydrogen) atoms. The van der Waals surface area contributed by atoms with E-state index in [-0.39, 0.29) is 11.9 Å². The minimum absolute atomic E-state index is 0.116. The molecule has 0 aromatic heterocycles. The molecular formula is C20H28F3N3O. The second kappa shape index (κ2) is 8.19. The van der Waals surface area contributed by atoms with E-state index in [9.17, 15) is 18.0 Å². The van der Waals surface area contributed by atoms with Crippen LogP contribution in [0.4, 0.5) is 13.2 Å². The number of nitrogens with zero attached hydrogens (tertiary/aromatic N) is 2. The first-order chi connectivity index (χ1) is 12.8. The third kappa shape index (κ3) is 4.46. The van der Waals surface area contributed by atoms with E-state index in [1.165, 1.54) is 31.4 Å². The first-order valence-corrected chi connectivity index (χ1v) is 9.72. The van der Waals surface area contributed by atoms with Gasteiger partial charge in [-0.2, -0.15) is 13.2 Å². The van der Waals surface area contributed by atoms with E-state index < -0.39 is 17.8 Å². The Morgan fingerprint density at radius 3 is 2.30 bits per heavy atom. The Bertz CT molecular complexity index is 641. The van der Waals surface area contributed by atoms with Crippen molar-refractivity contribution in [2.24, 2.45) is 5.73 Å². The fourth-order valence-electron chi connectivity index (χ4n) is 4.45. The first-order valence-electron chi connectivity index (χ1n) is 9.72. The van der Waals surface area contributed by atoms with Gasteiger partial charge in [0.15, 0.2) is 0 Å². The van der Waals surface area contributed by atoms with Crippen molar-refractivity contribution >= 4 is 5.91 Å². The van der Waals surface area contributed by atoms with Gasteiger partial charge in [-0.3, -0.25) is 9.69 Å². The number of rotatable bonds is 4. The lowest BCUT2D eigenvalue weighted by Crippen LogP contribution is -2.54. The van der Waals surface area contributed by atoms with Crippen molar-refractivity contribution in [1.29, 1.82) is 0 Å². The molecule has 0 unspecified atom stereocenters. The van der Waals surface area contributed by atoms with E-state index in [0.29, 0.717) is 11.6 Å². The zero-order valence-corrected chi connectivity index (χ0v) is 15.7. The van der Waals surface area contributed by atoms with Crippen LogP contribution in [0.5, 0.6) is 0 Å². The number of likely N-dealkylation sites (N-methyl/N-ethyl adjacent to an activating group) is 1. The highest BCUT2D eigenvalue weighted by Crippen LogP contribution is 2.32. The number of hydrogen-bond acceptors (Lipinski definition) is 3. The van der Waals surface area contributed by atoms with E-state index >= 15 is 0 Å². The van der Waals surface area contributed by atoms with Crippen LogP contribution in [0, 0.1) is 0 Å². The van der Waals surface area contributed by atoms with Crippen LogP contribution in [0.15, 0.2) is 24.3 Å². The Morgan fingerprint density at radius 2 is 1.70 bits per heavy atom. The molecule has 3 atom stereocenters. The number of carbonyl (C=O) groups is 1. The van der Waals surface area contributed by atoms with Gasteiger partial charge < -0.3 is 10.6 Å². The van der Waals surface area contributed by atoms with Gasteiger partial charge in [0.1, 0.15) is 6.04 Å². The first kappa shape index (κ1) is 20.1. The summed E-state index contributed by atoms with van der Waals surface area (Å²) in [5.74, 6) is -0.231. The molecule has 1 aromatic rings. The summed E-state index contributed by atoms with van der Waals surface area (Å²) < 4.78 is 38.2. The summed E-state index contributed by atoms with van der Waals surface area (Å²) >= 11 is 0. The van der Waals surface area contributed by atoms with Gasteiger partial charge in [0.05, 0.1) is 5.56 Å². The van der Waals surface area contributed by atoms with Crippen molar-refractivity contribution in [3.8, 4) is 0 Å². The largest absolute Gasteiger partial charge is 0.416 e. The Morgan fingerprint density at radius 1 is 1.11 bits per heavy atom. The van der Waals surface area contributed by atoms with Crippen LogP contribution in [0.2, 0.25) is 0 Å². The van der Waals surface area contributed by atoms with Crippen molar-refractivity contribution in [1.82, 2.24) is 9.80 Å². The van der Waals surface area contributed by atoms with Crippen molar-refractivity contribution < 1.29 is 18.0 Å². The van der Waals surface area contributed by atoms with Crippen molar-refractivity contribution in [3.05, 3.63) is 35.4 Å². The quantitative estimate of drug-likeness (QED) is 0.865. The number of hydrogen-bond donors (Lipinski definition) is 1. The number of carbonyl (C=O) groups excluding carboxylic acids is 1. The average Bonchev–Trinajstić information content (AvgIpc) is 3.20. The summed E-state index contributed by atoms with van der Waals surface area (Å²) in [6.07, 6.45) is 2.29. The molecule has 1 saturated heterocycles. The number of likely N-dealkylation sites (tertiary alicyclic amines) is 1. The molecule has 4 nitrogen and oxygen atoms in total. The number of amides is 1. The number of benzene rings is 1. The van der Waals surface area contributed by atoms with Crippen LogP contribution >= 0.6 is 0 Å². The zero-order valence-electron chi connectivity index (χ0n) is 15.7. The summed E-state index contributed by atoms with van der Waals surface area (Å²) in [4.78, 5) is 17.2. The maximum atomic E-state index is 12.9. The van der Waals surface area contributed by atoms with E-state index in [4.69, 9.17) is 5.73 Å². The summed E-state index contributed by atoms with van der Waals surface area (Å²) in [5.41, 5.74) is 5.79. The van der Waals surface area contributed by atoms with Gasteiger partial charge in [-0.1, -0.05) is 25.0 Å². The van der Waals surface area contributed by atoms with Crippen LogP contribution in [0.3, 0.4) is 0 Å². The van der Waals surface area contributed by atoms with E-state index in [1.807, 2.05) is 0 Å². The van der Waals surface area contributed by atoms with Gasteiger partial charge in [0.25, 0.3) is 0 Å². The Kier molecular flexibility index (Phi) is 6.11. The Balaban J connectivity index is 1.71. The van der Waals surface area contributed by atoms with Crippen LogP contribution in [0.1, 0.15) is 55.7 Å². The van der Waals surface area contributed by atoms with Gasteiger partial charge in [-0.25, -0.2) is 0 Å².